The summed E-state index contributed by atoms with van der Waals surface area (Å²) in [5.74, 6) is 0.199. The summed E-state index contributed by atoms with van der Waals surface area (Å²) in [6.07, 6.45) is 4.58. The smallest absolute Gasteiger partial charge is 0.257 e. The van der Waals surface area contributed by atoms with Gasteiger partial charge in [-0.3, -0.25) is 14.6 Å². The molecule has 4 aromatic rings. The summed E-state index contributed by atoms with van der Waals surface area (Å²) in [6, 6.07) is 22.6. The fraction of sp³-hybridized carbons (Fsp3) is 0. The lowest BCUT2D eigenvalue weighted by Gasteiger charge is -2.12. The van der Waals surface area contributed by atoms with Crippen molar-refractivity contribution in [2.45, 2.75) is 0 Å². The first-order valence-corrected chi connectivity index (χ1v) is 9.50. The Kier molecular flexibility index (Phi) is 5.95. The van der Waals surface area contributed by atoms with E-state index in [1.165, 1.54) is 12.4 Å². The number of aromatic nitrogens is 2. The second-order valence-electron chi connectivity index (χ2n) is 6.49. The minimum Gasteiger partial charge on any atom is -0.437 e. The number of nitrogens with zero attached hydrogens (tertiary/aromatic N) is 2. The van der Waals surface area contributed by atoms with Crippen LogP contribution in [0.1, 0.15) is 20.7 Å². The Balaban J connectivity index is 1.49. The molecule has 0 atom stereocenters. The first-order valence-electron chi connectivity index (χ1n) is 9.50. The predicted octanol–water partition coefficient (Wildman–Crippen LogP) is 4.77. The number of carbonyl (C=O) groups excluding carboxylic acids is 2. The lowest BCUT2D eigenvalue weighted by Crippen LogP contribution is -2.18. The highest BCUT2D eigenvalue weighted by atomic mass is 16.5. The van der Waals surface area contributed by atoms with Crippen LogP contribution in [0.5, 0.6) is 11.6 Å². The Morgan fingerprint density at radius 2 is 1.58 bits per heavy atom. The van der Waals surface area contributed by atoms with Crippen LogP contribution in [0.15, 0.2) is 97.5 Å². The maximum atomic E-state index is 12.9. The zero-order valence-corrected chi connectivity index (χ0v) is 16.4. The Morgan fingerprint density at radius 1 is 0.774 bits per heavy atom. The molecule has 3 aromatic carbocycles. The van der Waals surface area contributed by atoms with Crippen LogP contribution in [-0.2, 0) is 0 Å². The van der Waals surface area contributed by atoms with Gasteiger partial charge in [-0.2, -0.15) is 0 Å². The SMILES string of the molecule is O=C(Nc1ccccc1C(=O)Nc1cccc(Oc2cnccn2)c1)c1ccccc1. The van der Waals surface area contributed by atoms with Crippen LogP contribution < -0.4 is 15.4 Å². The van der Waals surface area contributed by atoms with Gasteiger partial charge in [0.2, 0.25) is 5.88 Å². The quantitative estimate of drug-likeness (QED) is 0.477. The monoisotopic (exact) mass is 410 g/mol. The molecule has 1 heterocycles. The molecule has 2 N–H and O–H groups in total. The Bertz CT molecular complexity index is 1200. The van der Waals surface area contributed by atoms with Crippen molar-refractivity contribution in [1.29, 1.82) is 0 Å². The van der Waals surface area contributed by atoms with Gasteiger partial charge in [0.25, 0.3) is 11.8 Å². The van der Waals surface area contributed by atoms with Gasteiger partial charge in [0, 0.05) is 29.7 Å². The van der Waals surface area contributed by atoms with Crippen LogP contribution in [0.3, 0.4) is 0 Å². The van der Waals surface area contributed by atoms with E-state index in [1.54, 1.807) is 79.0 Å². The lowest BCUT2D eigenvalue weighted by molar-refractivity contribution is 0.102. The molecular weight excluding hydrogens is 392 g/mol. The Morgan fingerprint density at radius 3 is 2.39 bits per heavy atom. The number of carbonyl (C=O) groups is 2. The molecule has 0 aliphatic heterocycles. The largest absolute Gasteiger partial charge is 0.437 e. The highest BCUT2D eigenvalue weighted by Crippen LogP contribution is 2.24. The van der Waals surface area contributed by atoms with Gasteiger partial charge < -0.3 is 15.4 Å². The van der Waals surface area contributed by atoms with Crippen molar-refractivity contribution in [2.75, 3.05) is 10.6 Å². The molecule has 152 valence electrons. The zero-order valence-electron chi connectivity index (χ0n) is 16.4. The van der Waals surface area contributed by atoms with Crippen LogP contribution >= 0.6 is 0 Å². The van der Waals surface area contributed by atoms with Gasteiger partial charge in [-0.25, -0.2) is 4.98 Å². The fourth-order valence-electron chi connectivity index (χ4n) is 2.87. The van der Waals surface area contributed by atoms with E-state index in [2.05, 4.69) is 20.6 Å². The predicted molar refractivity (Wildman–Crippen MR) is 117 cm³/mol. The van der Waals surface area contributed by atoms with Crippen LogP contribution in [0.4, 0.5) is 11.4 Å². The molecular formula is C24H18N4O3. The molecule has 31 heavy (non-hydrogen) atoms. The van der Waals surface area contributed by atoms with Gasteiger partial charge in [-0.05, 0) is 36.4 Å². The van der Waals surface area contributed by atoms with Crippen molar-refractivity contribution in [1.82, 2.24) is 9.97 Å². The van der Waals surface area contributed by atoms with Crippen LogP contribution in [-0.4, -0.2) is 21.8 Å². The van der Waals surface area contributed by atoms with Crippen molar-refractivity contribution in [3.8, 4) is 11.6 Å². The zero-order chi connectivity index (χ0) is 21.5. The summed E-state index contributed by atoms with van der Waals surface area (Å²) in [4.78, 5) is 33.4. The van der Waals surface area contributed by atoms with E-state index in [1.807, 2.05) is 6.07 Å². The van der Waals surface area contributed by atoms with Gasteiger partial charge in [0.1, 0.15) is 5.75 Å². The molecule has 7 nitrogen and oxygen atoms in total. The normalized spacial score (nSPS) is 10.2. The van der Waals surface area contributed by atoms with Crippen molar-refractivity contribution in [2.24, 2.45) is 0 Å². The van der Waals surface area contributed by atoms with E-state index in [0.29, 0.717) is 34.1 Å². The molecule has 2 amide bonds. The summed E-state index contributed by atoms with van der Waals surface area (Å²) in [7, 11) is 0. The molecule has 0 fully saturated rings. The lowest BCUT2D eigenvalue weighted by atomic mass is 10.1. The molecule has 0 spiro atoms. The average Bonchev–Trinajstić information content (AvgIpc) is 2.81. The van der Waals surface area contributed by atoms with E-state index in [0.717, 1.165) is 0 Å². The van der Waals surface area contributed by atoms with Crippen LogP contribution in [0.2, 0.25) is 0 Å². The number of ether oxygens (including phenoxy) is 1. The van der Waals surface area contributed by atoms with E-state index in [9.17, 15) is 9.59 Å². The van der Waals surface area contributed by atoms with Gasteiger partial charge in [-0.15, -0.1) is 0 Å². The van der Waals surface area contributed by atoms with E-state index < -0.39 is 0 Å². The second kappa shape index (κ2) is 9.32. The molecule has 0 radical (unpaired) electrons. The van der Waals surface area contributed by atoms with Gasteiger partial charge in [0.05, 0.1) is 17.4 Å². The second-order valence-corrected chi connectivity index (χ2v) is 6.49. The Hall–Kier alpha value is -4.52. The number of nitrogens with one attached hydrogen (secondary N) is 2. The number of anilines is 2. The Labute approximate surface area is 178 Å². The summed E-state index contributed by atoms with van der Waals surface area (Å²) in [6.45, 7) is 0. The van der Waals surface area contributed by atoms with Gasteiger partial charge in [-0.1, -0.05) is 36.4 Å². The number of hydrogen-bond acceptors (Lipinski definition) is 5. The first kappa shape index (κ1) is 19.8. The number of amides is 2. The number of hydrogen-bond donors (Lipinski definition) is 2. The maximum absolute atomic E-state index is 12.9. The number of benzene rings is 3. The van der Waals surface area contributed by atoms with E-state index in [-0.39, 0.29) is 11.8 Å². The molecule has 0 aliphatic carbocycles. The minimum atomic E-state index is -0.361. The topological polar surface area (TPSA) is 93.2 Å². The molecule has 0 bridgehead atoms. The molecule has 7 heteroatoms. The van der Waals surface area contributed by atoms with Crippen molar-refractivity contribution < 1.29 is 14.3 Å². The first-order chi connectivity index (χ1) is 15.2. The van der Waals surface area contributed by atoms with Crippen molar-refractivity contribution >= 4 is 23.2 Å². The molecule has 4 rings (SSSR count). The highest BCUT2D eigenvalue weighted by molar-refractivity contribution is 6.12. The average molecular weight is 410 g/mol. The summed E-state index contributed by atoms with van der Waals surface area (Å²) in [5, 5.41) is 5.63. The molecule has 0 saturated carbocycles. The highest BCUT2D eigenvalue weighted by Gasteiger charge is 2.14. The molecule has 0 unspecified atom stereocenters. The number of rotatable bonds is 6. The third kappa shape index (κ3) is 5.10. The fourth-order valence-corrected chi connectivity index (χ4v) is 2.87. The standard InChI is InChI=1S/C24H18N4O3/c29-23(17-7-2-1-3-8-17)28-21-12-5-4-11-20(21)24(30)27-18-9-6-10-19(15-18)31-22-16-25-13-14-26-22/h1-16H,(H,27,30)(H,28,29). The third-order valence-electron chi connectivity index (χ3n) is 4.31. The molecule has 1 aromatic heterocycles. The number of para-hydroxylation sites is 1. The third-order valence-corrected chi connectivity index (χ3v) is 4.31. The van der Waals surface area contributed by atoms with Crippen molar-refractivity contribution in [3.05, 3.63) is 109 Å². The summed E-state index contributed by atoms with van der Waals surface area (Å²) >= 11 is 0. The van der Waals surface area contributed by atoms with Crippen LogP contribution in [0, 0.1) is 0 Å². The van der Waals surface area contributed by atoms with E-state index in [4.69, 9.17) is 4.74 Å². The summed E-state index contributed by atoms with van der Waals surface area (Å²) in [5.41, 5.74) is 1.80. The van der Waals surface area contributed by atoms with Gasteiger partial charge >= 0.3 is 0 Å². The molecule has 0 saturated heterocycles. The van der Waals surface area contributed by atoms with Gasteiger partial charge in [0.15, 0.2) is 0 Å². The summed E-state index contributed by atoms with van der Waals surface area (Å²) < 4.78 is 5.65. The minimum absolute atomic E-state index is 0.291. The van der Waals surface area contributed by atoms with E-state index >= 15 is 0 Å². The molecule has 0 aliphatic rings. The van der Waals surface area contributed by atoms with Crippen molar-refractivity contribution in [3.63, 3.8) is 0 Å². The van der Waals surface area contributed by atoms with Crippen LogP contribution in [0.25, 0.3) is 0 Å². The maximum Gasteiger partial charge on any atom is 0.257 e.